The van der Waals surface area contributed by atoms with Crippen LogP contribution in [-0.2, 0) is 4.79 Å². The lowest BCUT2D eigenvalue weighted by Crippen LogP contribution is -2.49. The molecule has 126 valence electrons. The number of hydrogen-bond donors (Lipinski definition) is 2. The molecule has 3 unspecified atom stereocenters. The molecule has 2 aliphatic heterocycles. The number of rotatable bonds is 5. The quantitative estimate of drug-likeness (QED) is 0.869. The van der Waals surface area contributed by atoms with Crippen molar-refractivity contribution >= 4 is 17.5 Å². The number of likely N-dealkylation sites (N-methyl/N-ethyl adjacent to an activating group) is 1. The van der Waals surface area contributed by atoms with Crippen LogP contribution in [0.1, 0.15) is 44.2 Å². The molecule has 2 saturated heterocycles. The molecule has 1 aromatic rings. The Hall–Kier alpha value is -1.10. The molecular weight excluding hydrogens is 310 g/mol. The molecule has 2 heterocycles. The van der Waals surface area contributed by atoms with Crippen molar-refractivity contribution in [3.63, 3.8) is 0 Å². The van der Waals surface area contributed by atoms with Gasteiger partial charge in [-0.15, -0.1) is 0 Å². The molecular formula is C18H26ClN3O. The Labute approximate surface area is 143 Å². The lowest BCUT2D eigenvalue weighted by molar-refractivity contribution is -0.123. The number of piperidine rings is 1. The van der Waals surface area contributed by atoms with Crippen LogP contribution in [0.5, 0.6) is 0 Å². The zero-order valence-electron chi connectivity index (χ0n) is 13.9. The normalized spacial score (nSPS) is 27.9. The summed E-state index contributed by atoms with van der Waals surface area (Å²) in [5.41, 5.74) is 0.963. The van der Waals surface area contributed by atoms with Crippen molar-refractivity contribution in [1.82, 2.24) is 15.5 Å². The summed E-state index contributed by atoms with van der Waals surface area (Å²) in [5.74, 6) is 0.0609. The molecule has 1 aromatic carbocycles. The Balaban J connectivity index is 1.52. The van der Waals surface area contributed by atoms with Crippen LogP contribution < -0.4 is 10.6 Å². The van der Waals surface area contributed by atoms with E-state index in [9.17, 15) is 4.79 Å². The standard InChI is InChI=1S/C18H26ClN3O/c1-12(16-5-3-4-6-17(16)19)20-18(23)11-22(2)15-9-13-7-8-14(10-15)21-13/h3-6,12-15,21H,7-11H2,1-2H3,(H,20,23). The van der Waals surface area contributed by atoms with E-state index < -0.39 is 0 Å². The van der Waals surface area contributed by atoms with Gasteiger partial charge in [0.25, 0.3) is 0 Å². The SMILES string of the molecule is CC(NC(=O)CN(C)C1CC2CCC(C1)N2)c1ccccc1Cl. The van der Waals surface area contributed by atoms with Gasteiger partial charge in [0.15, 0.2) is 0 Å². The molecule has 3 rings (SSSR count). The molecule has 2 bridgehead atoms. The van der Waals surface area contributed by atoms with Crippen LogP contribution in [0.15, 0.2) is 24.3 Å². The number of fused-ring (bicyclic) bond motifs is 2. The van der Waals surface area contributed by atoms with Gasteiger partial charge in [0.05, 0.1) is 12.6 Å². The second kappa shape index (κ2) is 7.20. The maximum atomic E-state index is 12.4. The predicted molar refractivity (Wildman–Crippen MR) is 93.6 cm³/mol. The summed E-state index contributed by atoms with van der Waals surface area (Å²) in [6.07, 6.45) is 4.87. The summed E-state index contributed by atoms with van der Waals surface area (Å²) in [6.45, 7) is 2.42. The Morgan fingerprint density at radius 2 is 2.00 bits per heavy atom. The number of amides is 1. The van der Waals surface area contributed by atoms with Crippen molar-refractivity contribution in [1.29, 1.82) is 0 Å². The number of nitrogens with zero attached hydrogens (tertiary/aromatic N) is 1. The largest absolute Gasteiger partial charge is 0.348 e. The van der Waals surface area contributed by atoms with Gasteiger partial charge in [-0.2, -0.15) is 0 Å². The van der Waals surface area contributed by atoms with Gasteiger partial charge in [-0.1, -0.05) is 29.8 Å². The average Bonchev–Trinajstić information content (AvgIpc) is 2.85. The lowest BCUT2D eigenvalue weighted by Gasteiger charge is -2.35. The summed E-state index contributed by atoms with van der Waals surface area (Å²) in [5, 5.41) is 7.41. The predicted octanol–water partition coefficient (Wildman–Crippen LogP) is 2.73. The van der Waals surface area contributed by atoms with Crippen molar-refractivity contribution in [3.05, 3.63) is 34.9 Å². The van der Waals surface area contributed by atoms with Crippen LogP contribution >= 0.6 is 11.6 Å². The first-order valence-corrected chi connectivity index (χ1v) is 8.91. The van der Waals surface area contributed by atoms with E-state index in [1.54, 1.807) is 0 Å². The second-order valence-electron chi connectivity index (χ2n) is 6.99. The van der Waals surface area contributed by atoms with Gasteiger partial charge in [0.2, 0.25) is 5.91 Å². The molecule has 3 atom stereocenters. The molecule has 4 nitrogen and oxygen atoms in total. The lowest BCUT2D eigenvalue weighted by atomic mass is 9.98. The van der Waals surface area contributed by atoms with E-state index in [0.29, 0.717) is 29.7 Å². The van der Waals surface area contributed by atoms with Crippen LogP contribution in [-0.4, -0.2) is 42.5 Å². The second-order valence-corrected chi connectivity index (χ2v) is 7.40. The molecule has 2 aliphatic rings. The number of hydrogen-bond acceptors (Lipinski definition) is 3. The smallest absolute Gasteiger partial charge is 0.234 e. The minimum absolute atomic E-state index is 0.0609. The summed E-state index contributed by atoms with van der Waals surface area (Å²) >= 11 is 6.20. The van der Waals surface area contributed by atoms with Crippen LogP contribution in [0, 0.1) is 0 Å². The fraction of sp³-hybridized carbons (Fsp3) is 0.611. The third kappa shape index (κ3) is 4.06. The van der Waals surface area contributed by atoms with E-state index in [1.165, 1.54) is 12.8 Å². The molecule has 2 fully saturated rings. The van der Waals surface area contributed by atoms with E-state index in [1.807, 2.05) is 31.2 Å². The molecule has 0 aliphatic carbocycles. The fourth-order valence-corrected chi connectivity index (χ4v) is 4.23. The number of halogens is 1. The Bertz CT molecular complexity index is 553. The van der Waals surface area contributed by atoms with Gasteiger partial charge >= 0.3 is 0 Å². The third-order valence-corrected chi connectivity index (χ3v) is 5.56. The van der Waals surface area contributed by atoms with E-state index in [0.717, 1.165) is 18.4 Å². The van der Waals surface area contributed by atoms with Crippen LogP contribution in [0.4, 0.5) is 0 Å². The third-order valence-electron chi connectivity index (χ3n) is 5.21. The van der Waals surface area contributed by atoms with E-state index >= 15 is 0 Å². The summed E-state index contributed by atoms with van der Waals surface area (Å²) in [6, 6.07) is 9.39. The minimum atomic E-state index is -0.0752. The zero-order valence-corrected chi connectivity index (χ0v) is 14.6. The first-order valence-electron chi connectivity index (χ1n) is 8.53. The maximum Gasteiger partial charge on any atom is 0.234 e. The Morgan fingerprint density at radius 3 is 2.65 bits per heavy atom. The number of nitrogens with one attached hydrogen (secondary N) is 2. The monoisotopic (exact) mass is 335 g/mol. The van der Waals surface area contributed by atoms with Gasteiger partial charge < -0.3 is 10.6 Å². The first-order chi connectivity index (χ1) is 11.0. The molecule has 2 N–H and O–H groups in total. The van der Waals surface area contributed by atoms with Gasteiger partial charge in [0.1, 0.15) is 0 Å². The molecule has 5 heteroatoms. The highest BCUT2D eigenvalue weighted by molar-refractivity contribution is 6.31. The van der Waals surface area contributed by atoms with Gasteiger partial charge in [0, 0.05) is 23.1 Å². The highest BCUT2D eigenvalue weighted by Gasteiger charge is 2.35. The van der Waals surface area contributed by atoms with Crippen molar-refractivity contribution in [3.8, 4) is 0 Å². The van der Waals surface area contributed by atoms with Crippen molar-refractivity contribution in [2.24, 2.45) is 0 Å². The molecule has 23 heavy (non-hydrogen) atoms. The average molecular weight is 336 g/mol. The maximum absolute atomic E-state index is 12.4. The summed E-state index contributed by atoms with van der Waals surface area (Å²) in [4.78, 5) is 14.6. The number of carbonyl (C=O) groups is 1. The molecule has 0 spiro atoms. The molecule has 0 aromatic heterocycles. The van der Waals surface area contributed by atoms with Crippen LogP contribution in [0.2, 0.25) is 5.02 Å². The number of benzene rings is 1. The highest BCUT2D eigenvalue weighted by Crippen LogP contribution is 2.29. The van der Waals surface area contributed by atoms with E-state index in [2.05, 4.69) is 22.6 Å². The topological polar surface area (TPSA) is 44.4 Å². The van der Waals surface area contributed by atoms with Gasteiger partial charge in [-0.25, -0.2) is 0 Å². The van der Waals surface area contributed by atoms with E-state index in [-0.39, 0.29) is 11.9 Å². The van der Waals surface area contributed by atoms with Crippen molar-refractivity contribution in [2.75, 3.05) is 13.6 Å². The zero-order chi connectivity index (χ0) is 16.4. The summed E-state index contributed by atoms with van der Waals surface area (Å²) < 4.78 is 0. The Morgan fingerprint density at radius 1 is 1.35 bits per heavy atom. The van der Waals surface area contributed by atoms with Crippen molar-refractivity contribution < 1.29 is 4.79 Å². The highest BCUT2D eigenvalue weighted by atomic mass is 35.5. The van der Waals surface area contributed by atoms with Crippen molar-refractivity contribution in [2.45, 2.75) is 56.8 Å². The molecule has 0 radical (unpaired) electrons. The van der Waals surface area contributed by atoms with Gasteiger partial charge in [-0.3, -0.25) is 9.69 Å². The van der Waals surface area contributed by atoms with Gasteiger partial charge in [-0.05, 0) is 51.3 Å². The minimum Gasteiger partial charge on any atom is -0.348 e. The molecule has 1 amide bonds. The Kier molecular flexibility index (Phi) is 5.24. The summed E-state index contributed by atoms with van der Waals surface area (Å²) in [7, 11) is 2.06. The van der Waals surface area contributed by atoms with E-state index in [4.69, 9.17) is 11.6 Å². The number of carbonyl (C=O) groups excluding carboxylic acids is 1. The van der Waals surface area contributed by atoms with Crippen LogP contribution in [0.25, 0.3) is 0 Å². The van der Waals surface area contributed by atoms with Crippen LogP contribution in [0.3, 0.4) is 0 Å². The first kappa shape index (κ1) is 16.7. The fourth-order valence-electron chi connectivity index (χ4n) is 3.93. The molecule has 0 saturated carbocycles.